The second-order valence-corrected chi connectivity index (χ2v) is 11.2. The number of benzene rings is 2. The van der Waals surface area contributed by atoms with Crippen molar-refractivity contribution in [1.82, 2.24) is 15.0 Å². The molecule has 1 aliphatic rings. The minimum atomic E-state index is -0.347. The second kappa shape index (κ2) is 12.6. The number of thiophene rings is 1. The minimum Gasteiger partial charge on any atom is -0.497 e. The summed E-state index contributed by atoms with van der Waals surface area (Å²) in [4.78, 5) is 33.5. The molecular weight excluding hydrogens is 564 g/mol. The standard InChI is InChI=1S/C29H30N4O6S2/c1-36-19-11-9-18(10-12-19)33-28(35)25-20-7-5-6-8-23(20)41-27(25)31-29(33)40-16-24(34)32-30-15-17-13-21(37-2)26(39-4)22(14-17)38-3/h9-15H,5-8,16H2,1-4H3,(H,32,34). The number of nitrogens with one attached hydrogen (secondary N) is 1. The Labute approximate surface area is 245 Å². The molecule has 0 saturated carbocycles. The number of ether oxygens (including phenoxy) is 4. The molecule has 0 aliphatic heterocycles. The van der Waals surface area contributed by atoms with Crippen LogP contribution in [0.3, 0.4) is 0 Å². The van der Waals surface area contributed by atoms with Crippen molar-refractivity contribution in [2.24, 2.45) is 5.10 Å². The van der Waals surface area contributed by atoms with E-state index in [0.29, 0.717) is 44.8 Å². The Morgan fingerprint density at radius 1 is 1.05 bits per heavy atom. The molecule has 0 bridgehead atoms. The van der Waals surface area contributed by atoms with Crippen LogP contribution in [0.25, 0.3) is 15.9 Å². The fourth-order valence-corrected chi connectivity index (χ4v) is 6.87. The highest BCUT2D eigenvalue weighted by atomic mass is 32.2. The van der Waals surface area contributed by atoms with Crippen LogP contribution < -0.4 is 29.9 Å². The summed E-state index contributed by atoms with van der Waals surface area (Å²) in [6, 6.07) is 10.7. The Bertz CT molecular complexity index is 1640. The van der Waals surface area contributed by atoms with Gasteiger partial charge in [-0.1, -0.05) is 11.8 Å². The largest absolute Gasteiger partial charge is 0.497 e. The molecule has 2 heterocycles. The first-order chi connectivity index (χ1) is 20.0. The molecule has 0 spiro atoms. The molecule has 0 unspecified atom stereocenters. The lowest BCUT2D eigenvalue weighted by atomic mass is 9.97. The number of carbonyl (C=O) groups excluding carboxylic acids is 1. The number of hydrazone groups is 1. The zero-order chi connectivity index (χ0) is 28.9. The van der Waals surface area contributed by atoms with Gasteiger partial charge in [-0.3, -0.25) is 14.2 Å². The number of carbonyl (C=O) groups is 1. The number of nitrogens with zero attached hydrogens (tertiary/aromatic N) is 3. The molecule has 1 N–H and O–H groups in total. The van der Waals surface area contributed by atoms with E-state index in [1.165, 1.54) is 44.2 Å². The van der Waals surface area contributed by atoms with Crippen LogP contribution in [0.5, 0.6) is 23.0 Å². The first kappa shape index (κ1) is 28.5. The number of hydrogen-bond donors (Lipinski definition) is 1. The topological polar surface area (TPSA) is 113 Å². The van der Waals surface area contributed by atoms with E-state index in [-0.39, 0.29) is 17.2 Å². The fourth-order valence-electron chi connectivity index (χ4n) is 4.76. The molecule has 0 atom stereocenters. The first-order valence-electron chi connectivity index (χ1n) is 12.9. The predicted octanol–water partition coefficient (Wildman–Crippen LogP) is 4.60. The lowest BCUT2D eigenvalue weighted by molar-refractivity contribution is -0.118. The molecule has 0 saturated heterocycles. The SMILES string of the molecule is COc1ccc(-n2c(SCC(=O)NN=Cc3cc(OC)c(OC)c(OC)c3)nc3sc4c(c3c2=O)CCCC4)cc1. The second-order valence-electron chi connectivity index (χ2n) is 9.16. The zero-order valence-electron chi connectivity index (χ0n) is 23.2. The van der Waals surface area contributed by atoms with Gasteiger partial charge in [-0.15, -0.1) is 11.3 Å². The van der Waals surface area contributed by atoms with Crippen LogP contribution in [-0.4, -0.2) is 55.9 Å². The van der Waals surface area contributed by atoms with Crippen molar-refractivity contribution >= 4 is 45.4 Å². The lowest BCUT2D eigenvalue weighted by Gasteiger charge is -2.14. The van der Waals surface area contributed by atoms with Gasteiger partial charge >= 0.3 is 0 Å². The van der Waals surface area contributed by atoms with E-state index in [4.69, 9.17) is 23.9 Å². The molecular formula is C29H30N4O6S2. The molecule has 2 aromatic heterocycles. The van der Waals surface area contributed by atoms with Crippen LogP contribution >= 0.6 is 23.1 Å². The van der Waals surface area contributed by atoms with Crippen molar-refractivity contribution in [3.8, 4) is 28.7 Å². The summed E-state index contributed by atoms with van der Waals surface area (Å²) < 4.78 is 22.9. The number of thioether (sulfide) groups is 1. The smallest absolute Gasteiger partial charge is 0.267 e. The highest BCUT2D eigenvalue weighted by Crippen LogP contribution is 2.38. The van der Waals surface area contributed by atoms with Crippen molar-refractivity contribution in [3.63, 3.8) is 0 Å². The van der Waals surface area contributed by atoms with Gasteiger partial charge in [0.2, 0.25) is 5.75 Å². The number of aromatic nitrogens is 2. The number of amides is 1. The monoisotopic (exact) mass is 594 g/mol. The van der Waals surface area contributed by atoms with Gasteiger partial charge in [-0.2, -0.15) is 5.10 Å². The van der Waals surface area contributed by atoms with Crippen molar-refractivity contribution < 1.29 is 23.7 Å². The predicted molar refractivity (Wildman–Crippen MR) is 161 cm³/mol. The summed E-state index contributed by atoms with van der Waals surface area (Å²) in [6.45, 7) is 0. The molecule has 214 valence electrons. The van der Waals surface area contributed by atoms with E-state index >= 15 is 0 Å². The highest BCUT2D eigenvalue weighted by molar-refractivity contribution is 7.99. The van der Waals surface area contributed by atoms with E-state index < -0.39 is 0 Å². The summed E-state index contributed by atoms with van der Waals surface area (Å²) in [5.74, 6) is 1.76. The van der Waals surface area contributed by atoms with Crippen LogP contribution in [0.15, 0.2) is 51.5 Å². The van der Waals surface area contributed by atoms with Crippen LogP contribution in [0.4, 0.5) is 0 Å². The Morgan fingerprint density at radius 3 is 2.41 bits per heavy atom. The highest BCUT2D eigenvalue weighted by Gasteiger charge is 2.23. The molecule has 2 aromatic carbocycles. The van der Waals surface area contributed by atoms with E-state index in [9.17, 15) is 9.59 Å². The van der Waals surface area contributed by atoms with E-state index in [1.54, 1.807) is 47.3 Å². The van der Waals surface area contributed by atoms with Gasteiger partial charge in [0.15, 0.2) is 16.7 Å². The van der Waals surface area contributed by atoms with Crippen molar-refractivity contribution in [3.05, 3.63) is 62.8 Å². The van der Waals surface area contributed by atoms with Crippen molar-refractivity contribution in [1.29, 1.82) is 0 Å². The molecule has 1 amide bonds. The number of aryl methyl sites for hydroxylation is 2. The Morgan fingerprint density at radius 2 is 1.76 bits per heavy atom. The Kier molecular flexibility index (Phi) is 8.79. The van der Waals surface area contributed by atoms with Crippen LogP contribution in [0, 0.1) is 0 Å². The number of fused-ring (bicyclic) bond motifs is 3. The molecule has 0 fully saturated rings. The third-order valence-corrected chi connectivity index (χ3v) is 8.84. The fraction of sp³-hybridized carbons (Fsp3) is 0.310. The maximum Gasteiger partial charge on any atom is 0.267 e. The molecule has 4 aromatic rings. The molecule has 12 heteroatoms. The number of rotatable bonds is 10. The van der Waals surface area contributed by atoms with E-state index in [0.717, 1.165) is 36.1 Å². The quantitative estimate of drug-likeness (QED) is 0.123. The molecule has 5 rings (SSSR count). The van der Waals surface area contributed by atoms with Gasteiger partial charge in [-0.05, 0) is 67.6 Å². The summed E-state index contributed by atoms with van der Waals surface area (Å²) in [5, 5.41) is 5.21. The molecule has 41 heavy (non-hydrogen) atoms. The third kappa shape index (κ3) is 5.89. The first-order valence-corrected chi connectivity index (χ1v) is 14.7. The summed E-state index contributed by atoms with van der Waals surface area (Å²) in [6.07, 6.45) is 5.51. The molecule has 1 aliphatic carbocycles. The maximum atomic E-state index is 13.9. The van der Waals surface area contributed by atoms with Crippen LogP contribution in [0.1, 0.15) is 28.8 Å². The number of hydrogen-bond acceptors (Lipinski definition) is 10. The van der Waals surface area contributed by atoms with Gasteiger partial charge in [0.25, 0.3) is 11.5 Å². The van der Waals surface area contributed by atoms with Gasteiger partial charge in [-0.25, -0.2) is 10.4 Å². The summed E-state index contributed by atoms with van der Waals surface area (Å²) in [7, 11) is 6.18. The Balaban J connectivity index is 1.39. The average molecular weight is 595 g/mol. The van der Waals surface area contributed by atoms with Crippen molar-refractivity contribution in [2.45, 2.75) is 30.8 Å². The summed E-state index contributed by atoms with van der Waals surface area (Å²) in [5.41, 5.74) is 4.84. The van der Waals surface area contributed by atoms with Gasteiger partial charge in [0, 0.05) is 10.4 Å². The van der Waals surface area contributed by atoms with Crippen LogP contribution in [0.2, 0.25) is 0 Å². The van der Waals surface area contributed by atoms with Crippen molar-refractivity contribution in [2.75, 3.05) is 34.2 Å². The average Bonchev–Trinajstić information content (AvgIpc) is 3.38. The van der Waals surface area contributed by atoms with Gasteiger partial charge in [0.05, 0.1) is 51.5 Å². The van der Waals surface area contributed by atoms with E-state index in [2.05, 4.69) is 10.5 Å². The van der Waals surface area contributed by atoms with Gasteiger partial charge < -0.3 is 18.9 Å². The summed E-state index contributed by atoms with van der Waals surface area (Å²) >= 11 is 2.76. The minimum absolute atomic E-state index is 0.00574. The zero-order valence-corrected chi connectivity index (χ0v) is 24.8. The lowest BCUT2D eigenvalue weighted by Crippen LogP contribution is -2.24. The molecule has 10 nitrogen and oxygen atoms in total. The number of methoxy groups -OCH3 is 4. The third-order valence-electron chi connectivity index (χ3n) is 6.71. The van der Waals surface area contributed by atoms with Crippen LogP contribution in [-0.2, 0) is 17.6 Å². The molecule has 0 radical (unpaired) electrons. The van der Waals surface area contributed by atoms with Gasteiger partial charge in [0.1, 0.15) is 10.6 Å². The maximum absolute atomic E-state index is 13.9. The Hall–Kier alpha value is -4.03. The van der Waals surface area contributed by atoms with E-state index in [1.807, 2.05) is 12.1 Å². The normalized spacial score (nSPS) is 12.8.